The molecule has 0 saturated carbocycles. The third kappa shape index (κ3) is 3.12. The van der Waals surface area contributed by atoms with Gasteiger partial charge >= 0.3 is 0 Å². The highest BCUT2D eigenvalue weighted by Crippen LogP contribution is 2.27. The third-order valence-electron chi connectivity index (χ3n) is 5.46. The van der Waals surface area contributed by atoms with Crippen molar-refractivity contribution in [1.82, 2.24) is 14.8 Å². The number of benzene rings is 1. The average molecular weight is 363 g/mol. The van der Waals surface area contributed by atoms with Gasteiger partial charge in [0.1, 0.15) is 5.69 Å². The lowest BCUT2D eigenvalue weighted by molar-refractivity contribution is -0.131. The number of carbonyl (C=O) groups is 3. The lowest BCUT2D eigenvalue weighted by Crippen LogP contribution is -2.49. The molecule has 6 nitrogen and oxygen atoms in total. The normalized spacial score (nSPS) is 17.4. The van der Waals surface area contributed by atoms with Gasteiger partial charge in [0.25, 0.3) is 11.8 Å². The maximum Gasteiger partial charge on any atom is 0.280 e. The summed E-state index contributed by atoms with van der Waals surface area (Å²) in [7, 11) is 0. The van der Waals surface area contributed by atoms with Gasteiger partial charge in [-0.05, 0) is 43.0 Å². The number of likely N-dealkylation sites (tertiary alicyclic amines) is 1. The van der Waals surface area contributed by atoms with Gasteiger partial charge in [-0.15, -0.1) is 0 Å². The number of amides is 3. The molecule has 0 bridgehead atoms. The van der Waals surface area contributed by atoms with E-state index in [0.29, 0.717) is 37.9 Å². The summed E-state index contributed by atoms with van der Waals surface area (Å²) >= 11 is 0. The first kappa shape index (κ1) is 17.4. The molecule has 1 fully saturated rings. The Morgan fingerprint density at radius 1 is 1.07 bits per heavy atom. The van der Waals surface area contributed by atoms with E-state index in [9.17, 15) is 14.4 Å². The van der Waals surface area contributed by atoms with Crippen molar-refractivity contribution in [1.29, 1.82) is 0 Å². The molecule has 0 aliphatic carbocycles. The van der Waals surface area contributed by atoms with Gasteiger partial charge in [0, 0.05) is 25.3 Å². The molecule has 2 aliphatic rings. The van der Waals surface area contributed by atoms with Crippen molar-refractivity contribution in [2.75, 3.05) is 13.1 Å². The Balaban J connectivity index is 1.40. The van der Waals surface area contributed by atoms with Crippen molar-refractivity contribution in [3.63, 3.8) is 0 Å². The lowest BCUT2D eigenvalue weighted by atomic mass is 10.0. The smallest absolute Gasteiger partial charge is 0.280 e. The average Bonchev–Trinajstić information content (AvgIpc) is 2.95. The quantitative estimate of drug-likeness (QED) is 0.784. The van der Waals surface area contributed by atoms with E-state index in [1.54, 1.807) is 12.1 Å². The molecule has 1 saturated heterocycles. The largest absolute Gasteiger partial charge is 0.342 e. The summed E-state index contributed by atoms with van der Waals surface area (Å²) in [5.41, 5.74) is 2.76. The van der Waals surface area contributed by atoms with Gasteiger partial charge in [0.05, 0.1) is 12.0 Å². The van der Waals surface area contributed by atoms with E-state index in [1.807, 2.05) is 36.1 Å². The number of carbonyl (C=O) groups excluding carboxylic acids is 3. The molecular weight excluding hydrogens is 342 g/mol. The van der Waals surface area contributed by atoms with Gasteiger partial charge in [-0.1, -0.05) is 24.3 Å². The molecule has 0 atom stereocenters. The van der Waals surface area contributed by atoms with Crippen LogP contribution in [-0.4, -0.2) is 51.6 Å². The summed E-state index contributed by atoms with van der Waals surface area (Å²) in [6.45, 7) is 3.11. The Labute approximate surface area is 157 Å². The van der Waals surface area contributed by atoms with Gasteiger partial charge in [-0.3, -0.25) is 24.3 Å². The van der Waals surface area contributed by atoms with Gasteiger partial charge in [0.2, 0.25) is 5.91 Å². The summed E-state index contributed by atoms with van der Waals surface area (Å²) in [5.74, 6) is -0.500. The molecule has 3 amide bonds. The minimum absolute atomic E-state index is 0.0896. The van der Waals surface area contributed by atoms with Crippen molar-refractivity contribution in [2.24, 2.45) is 0 Å². The number of pyridine rings is 1. The van der Waals surface area contributed by atoms with E-state index < -0.39 is 0 Å². The summed E-state index contributed by atoms with van der Waals surface area (Å²) in [6.07, 6.45) is 3.12. The molecule has 0 N–H and O–H groups in total. The highest BCUT2D eigenvalue weighted by atomic mass is 16.2. The zero-order chi connectivity index (χ0) is 19.0. The summed E-state index contributed by atoms with van der Waals surface area (Å²) < 4.78 is 0. The molecule has 2 aromatic rings. The first-order valence-corrected chi connectivity index (χ1v) is 9.21. The van der Waals surface area contributed by atoms with Crippen molar-refractivity contribution in [3.05, 3.63) is 65.0 Å². The first-order valence-electron chi connectivity index (χ1n) is 9.21. The van der Waals surface area contributed by atoms with Crippen molar-refractivity contribution < 1.29 is 14.4 Å². The van der Waals surface area contributed by atoms with Gasteiger partial charge in [0.15, 0.2) is 0 Å². The Morgan fingerprint density at radius 3 is 2.52 bits per heavy atom. The first-order chi connectivity index (χ1) is 13.1. The fourth-order valence-corrected chi connectivity index (χ4v) is 3.87. The Kier molecular flexibility index (Phi) is 4.48. The number of rotatable bonds is 3. The summed E-state index contributed by atoms with van der Waals surface area (Å²) in [4.78, 5) is 45.0. The van der Waals surface area contributed by atoms with E-state index in [0.717, 1.165) is 11.1 Å². The fourth-order valence-electron chi connectivity index (χ4n) is 3.87. The number of piperidine rings is 1. The van der Waals surface area contributed by atoms with Crippen LogP contribution in [0.2, 0.25) is 0 Å². The zero-order valence-corrected chi connectivity index (χ0v) is 15.2. The Morgan fingerprint density at radius 2 is 1.81 bits per heavy atom. The molecule has 6 heteroatoms. The predicted octanol–water partition coefficient (Wildman–Crippen LogP) is 2.22. The molecule has 27 heavy (non-hydrogen) atoms. The van der Waals surface area contributed by atoms with Crippen LogP contribution in [0.1, 0.15) is 44.8 Å². The van der Waals surface area contributed by atoms with Crippen molar-refractivity contribution >= 4 is 17.7 Å². The number of hydrogen-bond acceptors (Lipinski definition) is 4. The molecule has 0 unspecified atom stereocenters. The number of aromatic nitrogens is 1. The second-order valence-corrected chi connectivity index (χ2v) is 7.10. The van der Waals surface area contributed by atoms with Gasteiger partial charge < -0.3 is 4.90 Å². The minimum atomic E-state index is -0.319. The maximum atomic E-state index is 12.6. The van der Waals surface area contributed by atoms with Crippen LogP contribution in [0.5, 0.6) is 0 Å². The SMILES string of the molecule is Cc1ccccc1CC(=O)N1CCC(N2C(=O)c3cccnc3C2=O)CC1. The van der Waals surface area contributed by atoms with Crippen LogP contribution in [0.15, 0.2) is 42.6 Å². The molecule has 138 valence electrons. The van der Waals surface area contributed by atoms with Crippen LogP contribution in [0.25, 0.3) is 0 Å². The molecule has 0 spiro atoms. The van der Waals surface area contributed by atoms with Crippen LogP contribution >= 0.6 is 0 Å². The maximum absolute atomic E-state index is 12.6. The number of fused-ring (bicyclic) bond motifs is 1. The highest BCUT2D eigenvalue weighted by molar-refractivity contribution is 6.20. The van der Waals surface area contributed by atoms with Crippen LogP contribution in [0.4, 0.5) is 0 Å². The van der Waals surface area contributed by atoms with E-state index in [-0.39, 0.29) is 29.5 Å². The number of hydrogen-bond donors (Lipinski definition) is 0. The van der Waals surface area contributed by atoms with E-state index in [4.69, 9.17) is 0 Å². The molecular formula is C21H21N3O3. The number of nitrogens with zero attached hydrogens (tertiary/aromatic N) is 3. The second kappa shape index (κ2) is 6.95. The van der Waals surface area contributed by atoms with Gasteiger partial charge in [-0.2, -0.15) is 0 Å². The predicted molar refractivity (Wildman–Crippen MR) is 99.2 cm³/mol. The van der Waals surface area contributed by atoms with Crippen LogP contribution in [-0.2, 0) is 11.2 Å². The molecule has 1 aromatic carbocycles. The van der Waals surface area contributed by atoms with E-state index in [1.165, 1.54) is 11.1 Å². The van der Waals surface area contributed by atoms with E-state index in [2.05, 4.69) is 4.98 Å². The molecule has 1 aromatic heterocycles. The van der Waals surface area contributed by atoms with E-state index >= 15 is 0 Å². The fraction of sp³-hybridized carbons (Fsp3) is 0.333. The second-order valence-electron chi connectivity index (χ2n) is 7.10. The van der Waals surface area contributed by atoms with Crippen molar-refractivity contribution in [3.8, 4) is 0 Å². The Hall–Kier alpha value is -3.02. The lowest BCUT2D eigenvalue weighted by Gasteiger charge is -2.35. The topological polar surface area (TPSA) is 70.6 Å². The van der Waals surface area contributed by atoms with Gasteiger partial charge in [-0.25, -0.2) is 0 Å². The summed E-state index contributed by atoms with van der Waals surface area (Å²) in [6, 6.07) is 11.0. The third-order valence-corrected chi connectivity index (χ3v) is 5.46. The molecule has 2 aliphatic heterocycles. The van der Waals surface area contributed by atoms with Crippen LogP contribution in [0.3, 0.4) is 0 Å². The highest BCUT2D eigenvalue weighted by Gasteiger charge is 2.42. The zero-order valence-electron chi connectivity index (χ0n) is 15.2. The molecule has 0 radical (unpaired) electrons. The number of aryl methyl sites for hydroxylation is 1. The standard InChI is InChI=1S/C21H21N3O3/c1-14-5-2-3-6-15(14)13-18(25)23-11-8-16(9-12-23)24-20(26)17-7-4-10-22-19(17)21(24)27/h2-7,10,16H,8-9,11-13H2,1H3. The molecule has 3 heterocycles. The van der Waals surface area contributed by atoms with Crippen LogP contribution in [0, 0.1) is 6.92 Å². The van der Waals surface area contributed by atoms with Crippen molar-refractivity contribution in [2.45, 2.75) is 32.2 Å². The van der Waals surface area contributed by atoms with Crippen LogP contribution < -0.4 is 0 Å². The Bertz CT molecular complexity index is 881. The monoisotopic (exact) mass is 363 g/mol. The minimum Gasteiger partial charge on any atom is -0.342 e. The summed E-state index contributed by atoms with van der Waals surface area (Å²) in [5, 5.41) is 0. The number of imide groups is 1. The molecule has 4 rings (SSSR count).